The molecule has 2 atom stereocenters. The molecular weight excluding hydrogens is 300 g/mol. The highest BCUT2D eigenvalue weighted by Crippen LogP contribution is 2.17. The lowest BCUT2D eigenvalue weighted by atomic mass is 10.1. The van der Waals surface area contributed by atoms with Crippen molar-refractivity contribution in [1.29, 1.82) is 0 Å². The van der Waals surface area contributed by atoms with Gasteiger partial charge in [-0.05, 0) is 31.0 Å². The summed E-state index contributed by atoms with van der Waals surface area (Å²) < 4.78 is 49.4. The highest BCUT2D eigenvalue weighted by Gasteiger charge is 2.31. The van der Waals surface area contributed by atoms with Gasteiger partial charge in [-0.1, -0.05) is 12.1 Å². The molecule has 0 saturated carbocycles. The Morgan fingerprint density at radius 2 is 1.90 bits per heavy atom. The molecule has 0 aromatic heterocycles. The fourth-order valence-corrected chi connectivity index (χ4v) is 5.18. The number of nitrogens with one attached hydrogen (secondary N) is 1. The van der Waals surface area contributed by atoms with E-state index in [0.717, 1.165) is 5.56 Å². The third kappa shape index (κ3) is 3.57. The van der Waals surface area contributed by atoms with Crippen LogP contribution in [0.15, 0.2) is 29.2 Å². The molecule has 0 bridgehead atoms. The topological polar surface area (TPSA) is 106 Å². The Hall–Kier alpha value is -0.960. The molecule has 2 rings (SSSR count). The number of sulfone groups is 1. The Kier molecular flexibility index (Phi) is 4.19. The third-order valence-corrected chi connectivity index (χ3v) is 6.57. The highest BCUT2D eigenvalue weighted by molar-refractivity contribution is 7.92. The van der Waals surface area contributed by atoms with Crippen molar-refractivity contribution >= 4 is 19.9 Å². The van der Waals surface area contributed by atoms with Gasteiger partial charge in [-0.25, -0.2) is 21.6 Å². The van der Waals surface area contributed by atoms with E-state index in [1.54, 1.807) is 12.1 Å². The van der Waals surface area contributed by atoms with Crippen molar-refractivity contribution in [3.8, 4) is 0 Å². The van der Waals surface area contributed by atoms with Crippen molar-refractivity contribution in [3.63, 3.8) is 0 Å². The van der Waals surface area contributed by atoms with Crippen LogP contribution in [0.4, 0.5) is 0 Å². The van der Waals surface area contributed by atoms with Gasteiger partial charge < -0.3 is 5.73 Å². The van der Waals surface area contributed by atoms with Gasteiger partial charge in [0.25, 0.3) is 0 Å². The number of benzene rings is 1. The first-order valence-electron chi connectivity index (χ1n) is 6.28. The van der Waals surface area contributed by atoms with Crippen LogP contribution in [0.5, 0.6) is 0 Å². The summed E-state index contributed by atoms with van der Waals surface area (Å²) in [5, 5.41) is 0. The van der Waals surface area contributed by atoms with E-state index in [-0.39, 0.29) is 22.4 Å². The van der Waals surface area contributed by atoms with Crippen LogP contribution in [-0.4, -0.2) is 34.4 Å². The quantitative estimate of drug-likeness (QED) is 0.823. The minimum Gasteiger partial charge on any atom is -0.324 e. The smallest absolute Gasteiger partial charge is 0.240 e. The first-order chi connectivity index (χ1) is 9.20. The van der Waals surface area contributed by atoms with Crippen molar-refractivity contribution in [2.24, 2.45) is 5.73 Å². The summed E-state index contributed by atoms with van der Waals surface area (Å²) >= 11 is 0. The maximum absolute atomic E-state index is 12.1. The van der Waals surface area contributed by atoms with Gasteiger partial charge in [-0.3, -0.25) is 0 Å². The van der Waals surface area contributed by atoms with Crippen molar-refractivity contribution < 1.29 is 16.8 Å². The van der Waals surface area contributed by atoms with Crippen LogP contribution in [0, 0.1) is 0 Å². The summed E-state index contributed by atoms with van der Waals surface area (Å²) in [4.78, 5) is 0.117. The Labute approximate surface area is 119 Å². The van der Waals surface area contributed by atoms with Gasteiger partial charge in [0.2, 0.25) is 10.0 Å². The van der Waals surface area contributed by atoms with E-state index >= 15 is 0 Å². The SMILES string of the molecule is CC(N)c1ccc(S(=O)(=O)NC2CCS(=O)(=O)C2)cc1. The molecule has 0 radical (unpaired) electrons. The first-order valence-corrected chi connectivity index (χ1v) is 9.58. The van der Waals surface area contributed by atoms with Gasteiger partial charge in [0, 0.05) is 12.1 Å². The van der Waals surface area contributed by atoms with Crippen LogP contribution < -0.4 is 10.5 Å². The molecule has 0 amide bonds. The van der Waals surface area contributed by atoms with Crippen LogP contribution in [-0.2, 0) is 19.9 Å². The lowest BCUT2D eigenvalue weighted by Crippen LogP contribution is -2.35. The average Bonchev–Trinajstić information content (AvgIpc) is 2.68. The van der Waals surface area contributed by atoms with Crippen LogP contribution in [0.3, 0.4) is 0 Å². The summed E-state index contributed by atoms with van der Waals surface area (Å²) in [5.74, 6) is -0.103. The third-order valence-electron chi connectivity index (χ3n) is 3.27. The Bertz CT molecular complexity index is 679. The molecule has 1 heterocycles. The molecule has 0 aliphatic carbocycles. The van der Waals surface area contributed by atoms with Gasteiger partial charge in [0.05, 0.1) is 16.4 Å². The number of hydrogen-bond acceptors (Lipinski definition) is 5. The molecule has 1 aliphatic rings. The predicted molar refractivity (Wildman–Crippen MR) is 76.4 cm³/mol. The van der Waals surface area contributed by atoms with Gasteiger partial charge >= 0.3 is 0 Å². The van der Waals surface area contributed by atoms with Crippen molar-refractivity contribution in [1.82, 2.24) is 4.72 Å². The van der Waals surface area contributed by atoms with Crippen LogP contribution in [0.2, 0.25) is 0 Å². The number of rotatable bonds is 4. The van der Waals surface area contributed by atoms with Gasteiger partial charge in [-0.15, -0.1) is 0 Å². The summed E-state index contributed by atoms with van der Waals surface area (Å²) in [6.07, 6.45) is 0.319. The molecule has 1 saturated heterocycles. The average molecular weight is 318 g/mol. The molecule has 1 aliphatic heterocycles. The predicted octanol–water partition coefficient (Wildman–Crippen LogP) is 0.172. The second kappa shape index (κ2) is 5.44. The van der Waals surface area contributed by atoms with Crippen LogP contribution >= 0.6 is 0 Å². The van der Waals surface area contributed by atoms with Gasteiger partial charge in [-0.2, -0.15) is 0 Å². The molecule has 1 aromatic carbocycles. The normalized spacial score (nSPS) is 23.6. The summed E-state index contributed by atoms with van der Waals surface area (Å²) in [6.45, 7) is 1.81. The number of hydrogen-bond donors (Lipinski definition) is 2. The Morgan fingerprint density at radius 1 is 1.30 bits per heavy atom. The fraction of sp³-hybridized carbons (Fsp3) is 0.500. The maximum atomic E-state index is 12.1. The Balaban J connectivity index is 2.14. The lowest BCUT2D eigenvalue weighted by Gasteiger charge is -2.12. The van der Waals surface area contributed by atoms with Crippen LogP contribution in [0.1, 0.15) is 24.9 Å². The number of sulfonamides is 1. The monoisotopic (exact) mass is 318 g/mol. The summed E-state index contributed by atoms with van der Waals surface area (Å²) in [5.41, 5.74) is 6.54. The number of nitrogens with two attached hydrogens (primary N) is 1. The second-order valence-corrected chi connectivity index (χ2v) is 9.02. The van der Waals surface area contributed by atoms with E-state index in [1.807, 2.05) is 6.92 Å². The second-order valence-electron chi connectivity index (χ2n) is 5.08. The van der Waals surface area contributed by atoms with E-state index in [1.165, 1.54) is 12.1 Å². The molecule has 20 heavy (non-hydrogen) atoms. The largest absolute Gasteiger partial charge is 0.324 e. The molecule has 2 unspecified atom stereocenters. The minimum atomic E-state index is -3.69. The molecule has 6 nitrogen and oxygen atoms in total. The van der Waals surface area contributed by atoms with E-state index in [9.17, 15) is 16.8 Å². The van der Waals surface area contributed by atoms with Crippen molar-refractivity contribution in [2.45, 2.75) is 30.3 Å². The zero-order chi connectivity index (χ0) is 15.0. The fourth-order valence-electron chi connectivity index (χ4n) is 2.13. The van der Waals surface area contributed by atoms with Gasteiger partial charge in [0.15, 0.2) is 9.84 Å². The standard InChI is InChI=1S/C12H18N2O4S2/c1-9(13)10-2-4-12(5-3-10)20(17,18)14-11-6-7-19(15,16)8-11/h2-5,9,11,14H,6-8,13H2,1H3. The Morgan fingerprint density at radius 3 is 2.35 bits per heavy atom. The van der Waals surface area contributed by atoms with E-state index in [0.29, 0.717) is 6.42 Å². The summed E-state index contributed by atoms with van der Waals surface area (Å²) in [6, 6.07) is 5.56. The lowest BCUT2D eigenvalue weighted by molar-refractivity contribution is 0.562. The zero-order valence-electron chi connectivity index (χ0n) is 11.1. The molecule has 0 spiro atoms. The molecule has 1 aromatic rings. The minimum absolute atomic E-state index is 0.0316. The van der Waals surface area contributed by atoms with Crippen molar-refractivity contribution in [3.05, 3.63) is 29.8 Å². The molecule has 8 heteroatoms. The van der Waals surface area contributed by atoms with E-state index in [2.05, 4.69) is 4.72 Å². The molecule has 112 valence electrons. The zero-order valence-corrected chi connectivity index (χ0v) is 12.7. The maximum Gasteiger partial charge on any atom is 0.240 e. The molecule has 3 N–H and O–H groups in total. The van der Waals surface area contributed by atoms with E-state index < -0.39 is 25.9 Å². The summed E-state index contributed by atoms with van der Waals surface area (Å²) in [7, 11) is -6.80. The van der Waals surface area contributed by atoms with Crippen molar-refractivity contribution in [2.75, 3.05) is 11.5 Å². The van der Waals surface area contributed by atoms with Crippen LogP contribution in [0.25, 0.3) is 0 Å². The van der Waals surface area contributed by atoms with E-state index in [4.69, 9.17) is 5.73 Å². The first kappa shape index (κ1) is 15.4. The molecular formula is C12H18N2O4S2. The van der Waals surface area contributed by atoms with Gasteiger partial charge in [0.1, 0.15) is 0 Å². The highest BCUT2D eigenvalue weighted by atomic mass is 32.2. The molecule has 1 fully saturated rings.